The van der Waals surface area contributed by atoms with Gasteiger partial charge in [0.15, 0.2) is 0 Å². The molecule has 2 saturated heterocycles. The smallest absolute Gasteiger partial charge is 0.317 e. The van der Waals surface area contributed by atoms with Gasteiger partial charge in [0, 0.05) is 49.0 Å². The van der Waals surface area contributed by atoms with Gasteiger partial charge in [-0.1, -0.05) is 0 Å². The van der Waals surface area contributed by atoms with Gasteiger partial charge >= 0.3 is 6.03 Å². The summed E-state index contributed by atoms with van der Waals surface area (Å²) >= 11 is 0. The molecule has 4 heterocycles. The normalized spacial score (nSPS) is 16.9. The van der Waals surface area contributed by atoms with Crippen molar-refractivity contribution in [3.05, 3.63) is 60.0 Å². The van der Waals surface area contributed by atoms with Gasteiger partial charge < -0.3 is 19.7 Å². The van der Waals surface area contributed by atoms with Gasteiger partial charge in [-0.05, 0) is 85.1 Å². The van der Waals surface area contributed by atoms with Gasteiger partial charge in [-0.2, -0.15) is 5.21 Å². The molecule has 0 radical (unpaired) electrons. The summed E-state index contributed by atoms with van der Waals surface area (Å²) in [5, 5.41) is 18.5. The highest BCUT2D eigenvalue weighted by molar-refractivity contribution is 5.89. The molecule has 0 saturated carbocycles. The molecule has 0 spiro atoms. The van der Waals surface area contributed by atoms with Crippen LogP contribution in [0.4, 0.5) is 9.18 Å². The van der Waals surface area contributed by atoms with E-state index in [0.29, 0.717) is 11.7 Å². The van der Waals surface area contributed by atoms with Crippen molar-refractivity contribution in [1.82, 2.24) is 40.3 Å². The number of piperidine rings is 1. The zero-order chi connectivity index (χ0) is 23.8. The van der Waals surface area contributed by atoms with Gasteiger partial charge in [0.1, 0.15) is 5.82 Å². The lowest BCUT2D eigenvalue weighted by atomic mass is 9.89. The van der Waals surface area contributed by atoms with Crippen molar-refractivity contribution in [1.29, 1.82) is 0 Å². The summed E-state index contributed by atoms with van der Waals surface area (Å²) in [6, 6.07) is 12.9. The fourth-order valence-electron chi connectivity index (χ4n) is 5.27. The predicted octanol–water partition coefficient (Wildman–Crippen LogP) is 3.58. The Balaban J connectivity index is 0.00000267. The van der Waals surface area contributed by atoms with Crippen LogP contribution in [-0.2, 0) is 0 Å². The summed E-state index contributed by atoms with van der Waals surface area (Å²) in [5.74, 6) is 0.725. The van der Waals surface area contributed by atoms with E-state index >= 15 is 0 Å². The molecule has 2 N–H and O–H groups in total. The molecule has 2 aromatic carbocycles. The van der Waals surface area contributed by atoms with E-state index in [9.17, 15) is 9.18 Å². The average molecular weight is 511 g/mol. The average Bonchev–Trinajstić information content (AvgIpc) is 3.64. The molecule has 2 aromatic heterocycles. The maximum absolute atomic E-state index is 13.6. The number of aromatic amines is 1. The summed E-state index contributed by atoms with van der Waals surface area (Å²) in [6.07, 6.45) is 4.29. The SMILES string of the molecule is Cl.O=C1NCCN1CCN1CCC(c2cn(-c3ccc(F)cc3)c3ccc(-c4nn[nH]n4)cc23)CC1. The number of aromatic nitrogens is 5. The van der Waals surface area contributed by atoms with Gasteiger partial charge in [-0.25, -0.2) is 9.18 Å². The highest BCUT2D eigenvalue weighted by Gasteiger charge is 2.26. The minimum Gasteiger partial charge on any atom is -0.336 e. The Morgan fingerprint density at radius 2 is 1.83 bits per heavy atom. The van der Waals surface area contributed by atoms with Crippen LogP contribution in [0.15, 0.2) is 48.7 Å². The molecule has 9 nitrogen and oxygen atoms in total. The van der Waals surface area contributed by atoms with Crippen LogP contribution in [0.5, 0.6) is 0 Å². The fraction of sp³-hybridized carbons (Fsp3) is 0.360. The molecule has 2 fully saturated rings. The van der Waals surface area contributed by atoms with E-state index in [1.165, 1.54) is 17.7 Å². The van der Waals surface area contributed by atoms with Crippen LogP contribution in [0.2, 0.25) is 0 Å². The number of H-pyrrole nitrogens is 1. The van der Waals surface area contributed by atoms with E-state index < -0.39 is 0 Å². The third kappa shape index (κ3) is 4.66. The van der Waals surface area contributed by atoms with Crippen LogP contribution in [-0.4, -0.2) is 80.3 Å². The highest BCUT2D eigenvalue weighted by atomic mass is 35.5. The van der Waals surface area contributed by atoms with E-state index in [4.69, 9.17) is 0 Å². The first-order valence-corrected chi connectivity index (χ1v) is 12.1. The molecule has 188 valence electrons. The Morgan fingerprint density at radius 3 is 2.53 bits per heavy atom. The van der Waals surface area contributed by atoms with Crippen molar-refractivity contribution >= 4 is 29.3 Å². The maximum atomic E-state index is 13.6. The zero-order valence-corrected chi connectivity index (χ0v) is 20.5. The Morgan fingerprint density at radius 1 is 1.03 bits per heavy atom. The number of urea groups is 1. The molecule has 0 atom stereocenters. The second-order valence-electron chi connectivity index (χ2n) is 9.23. The molecular weight excluding hydrogens is 483 g/mol. The molecule has 0 aliphatic carbocycles. The number of halogens is 2. The largest absolute Gasteiger partial charge is 0.336 e. The number of carbonyl (C=O) groups excluding carboxylic acids is 1. The molecule has 2 aliphatic rings. The number of tetrazole rings is 1. The molecule has 0 bridgehead atoms. The number of hydrogen-bond donors (Lipinski definition) is 2. The number of carbonyl (C=O) groups is 1. The molecule has 2 amide bonds. The molecule has 4 aromatic rings. The van der Waals surface area contributed by atoms with Crippen molar-refractivity contribution in [2.24, 2.45) is 0 Å². The lowest BCUT2D eigenvalue weighted by molar-refractivity contribution is 0.181. The minimum atomic E-state index is -0.247. The van der Waals surface area contributed by atoms with Crippen LogP contribution >= 0.6 is 12.4 Å². The van der Waals surface area contributed by atoms with E-state index in [1.807, 2.05) is 23.1 Å². The standard InChI is InChI=1S/C25H27FN8O.ClH/c26-19-2-4-20(5-3-19)34-16-22(21-15-18(1-6-23(21)34)24-28-30-31-29-24)17-7-10-32(11-8-17)13-14-33-12-9-27-25(33)35;/h1-6,15-17H,7-14H2,(H,27,35)(H,28,29,30,31);1H. The number of nitrogens with zero attached hydrogens (tertiary/aromatic N) is 6. The highest BCUT2D eigenvalue weighted by Crippen LogP contribution is 2.37. The quantitative estimate of drug-likeness (QED) is 0.413. The molecule has 0 unspecified atom stereocenters. The van der Waals surface area contributed by atoms with Crippen LogP contribution in [0.3, 0.4) is 0 Å². The summed E-state index contributed by atoms with van der Waals surface area (Å²) in [5.41, 5.74) is 4.19. The molecule has 6 rings (SSSR count). The maximum Gasteiger partial charge on any atom is 0.317 e. The molecular formula is C25H28ClFN8O. The molecule has 11 heteroatoms. The number of rotatable bonds is 6. The van der Waals surface area contributed by atoms with Crippen LogP contribution in [0.25, 0.3) is 28.0 Å². The predicted molar refractivity (Wildman–Crippen MR) is 137 cm³/mol. The Hall–Kier alpha value is -3.50. The van der Waals surface area contributed by atoms with E-state index in [0.717, 1.165) is 74.3 Å². The van der Waals surface area contributed by atoms with Crippen molar-refractivity contribution < 1.29 is 9.18 Å². The second kappa shape index (κ2) is 10.2. The van der Waals surface area contributed by atoms with E-state index in [1.54, 1.807) is 0 Å². The Labute approximate surface area is 214 Å². The first-order valence-electron chi connectivity index (χ1n) is 12.1. The van der Waals surface area contributed by atoms with Gasteiger partial charge in [0.2, 0.25) is 5.82 Å². The summed E-state index contributed by atoms with van der Waals surface area (Å²) in [6.45, 7) is 5.20. The molecule has 36 heavy (non-hydrogen) atoms. The van der Waals surface area contributed by atoms with Gasteiger partial charge in [-0.15, -0.1) is 22.6 Å². The first-order chi connectivity index (χ1) is 17.2. The van der Waals surface area contributed by atoms with E-state index in [2.05, 4.69) is 53.7 Å². The number of amides is 2. The van der Waals surface area contributed by atoms with Crippen LogP contribution < -0.4 is 5.32 Å². The third-order valence-corrected chi connectivity index (χ3v) is 7.20. The molecule has 2 aliphatic heterocycles. The topological polar surface area (TPSA) is 95.0 Å². The minimum absolute atomic E-state index is 0. The van der Waals surface area contributed by atoms with Gasteiger partial charge in [0.05, 0.1) is 5.52 Å². The van der Waals surface area contributed by atoms with Gasteiger partial charge in [0.25, 0.3) is 0 Å². The monoisotopic (exact) mass is 510 g/mol. The van der Waals surface area contributed by atoms with E-state index in [-0.39, 0.29) is 24.3 Å². The Bertz CT molecular complexity index is 1330. The zero-order valence-electron chi connectivity index (χ0n) is 19.7. The van der Waals surface area contributed by atoms with Gasteiger partial charge in [-0.3, -0.25) is 0 Å². The van der Waals surface area contributed by atoms with Crippen molar-refractivity contribution in [3.8, 4) is 17.1 Å². The first kappa shape index (κ1) is 24.2. The lowest BCUT2D eigenvalue weighted by Gasteiger charge is -2.32. The third-order valence-electron chi connectivity index (χ3n) is 7.20. The van der Waals surface area contributed by atoms with Crippen molar-refractivity contribution in [2.45, 2.75) is 18.8 Å². The number of benzene rings is 2. The van der Waals surface area contributed by atoms with Crippen LogP contribution in [0, 0.1) is 5.82 Å². The van der Waals surface area contributed by atoms with Crippen LogP contribution in [0.1, 0.15) is 24.3 Å². The second-order valence-corrected chi connectivity index (χ2v) is 9.23. The Kier molecular flexibility index (Phi) is 6.88. The van der Waals surface area contributed by atoms with Crippen molar-refractivity contribution in [2.75, 3.05) is 39.3 Å². The summed E-state index contributed by atoms with van der Waals surface area (Å²) in [4.78, 5) is 16.2. The number of likely N-dealkylation sites (tertiary alicyclic amines) is 1. The fourth-order valence-corrected chi connectivity index (χ4v) is 5.27. The number of hydrogen-bond acceptors (Lipinski definition) is 5. The summed E-state index contributed by atoms with van der Waals surface area (Å²) in [7, 11) is 0. The summed E-state index contributed by atoms with van der Waals surface area (Å²) < 4.78 is 15.7. The lowest BCUT2D eigenvalue weighted by Crippen LogP contribution is -2.40. The van der Waals surface area contributed by atoms with Crippen molar-refractivity contribution in [3.63, 3.8) is 0 Å². The number of nitrogens with one attached hydrogen (secondary N) is 2. The number of fused-ring (bicyclic) bond motifs is 1.